The zero-order valence-electron chi connectivity index (χ0n) is 41.6. The van der Waals surface area contributed by atoms with Crippen LogP contribution in [0.5, 0.6) is 17.2 Å². The zero-order chi connectivity index (χ0) is 55.5. The van der Waals surface area contributed by atoms with Crippen LogP contribution in [0.1, 0.15) is 102 Å². The molecule has 0 saturated carbocycles. The Morgan fingerprint density at radius 3 is 2.04 bits per heavy atom. The lowest BCUT2D eigenvalue weighted by Crippen LogP contribution is -2.63. The molecule has 0 radical (unpaired) electrons. The summed E-state index contributed by atoms with van der Waals surface area (Å²) in [5.41, 5.74) is -3.99. The number of anilines is 1. The van der Waals surface area contributed by atoms with Crippen LogP contribution in [0.3, 0.4) is 0 Å². The lowest BCUT2D eigenvalue weighted by molar-refractivity contribution is -0.293. The Kier molecular flexibility index (Phi) is 17.0. The van der Waals surface area contributed by atoms with Gasteiger partial charge in [0.1, 0.15) is 54.9 Å². The van der Waals surface area contributed by atoms with E-state index in [0.29, 0.717) is 5.56 Å². The van der Waals surface area contributed by atoms with E-state index in [4.69, 9.17) is 47.4 Å². The second kappa shape index (κ2) is 23.0. The number of methoxy groups -OCH3 is 1. The number of aliphatic hydroxyl groups is 3. The molecule has 2 amide bonds. The van der Waals surface area contributed by atoms with Gasteiger partial charge in [-0.3, -0.25) is 38.9 Å². The Balaban J connectivity index is 1.01. The molecule has 2 aliphatic heterocycles. The molecule has 2 saturated heterocycles. The van der Waals surface area contributed by atoms with Gasteiger partial charge in [0.05, 0.1) is 42.0 Å². The number of nitrogens with one attached hydrogen (secondary N) is 2. The summed E-state index contributed by atoms with van der Waals surface area (Å²) < 4.78 is 55.0. The molecule has 2 heterocycles. The summed E-state index contributed by atoms with van der Waals surface area (Å²) in [7, 11) is 1.27. The number of aromatic hydroxyl groups is 2. The Labute approximate surface area is 431 Å². The van der Waals surface area contributed by atoms with Crippen LogP contribution < -0.4 is 15.4 Å². The quantitative estimate of drug-likeness (QED) is 0.0505. The van der Waals surface area contributed by atoms with Crippen LogP contribution in [0.15, 0.2) is 42.5 Å². The fourth-order valence-corrected chi connectivity index (χ4v) is 9.42. The molecule has 408 valence electrons. The molecule has 11 atom stereocenters. The number of Topliss-reactive ketones (excluding diaryl/α,β-unsaturated/α-hetero) is 1. The topological polar surface area (TPSA) is 371 Å². The Hall–Kier alpha value is -7.75. The molecule has 2 aliphatic carbocycles. The normalized spacial score (nSPS) is 26.5. The Morgan fingerprint density at radius 1 is 0.763 bits per heavy atom. The van der Waals surface area contributed by atoms with Gasteiger partial charge in [-0.05, 0) is 30.7 Å². The first-order chi connectivity index (χ1) is 35.9. The first kappa shape index (κ1) is 56.0. The lowest BCUT2D eigenvalue weighted by atomic mass is 9.72. The average molecular weight is 1070 g/mol. The smallest absolute Gasteiger partial charge is 0.414 e. The van der Waals surface area contributed by atoms with Crippen molar-refractivity contribution in [2.45, 2.75) is 127 Å². The number of phenolic OH excluding ortho intramolecular Hbond substituents is 2. The highest BCUT2D eigenvalue weighted by Gasteiger charge is 2.54. The maximum atomic E-state index is 14.0. The molecule has 76 heavy (non-hydrogen) atoms. The van der Waals surface area contributed by atoms with Crippen molar-refractivity contribution in [3.8, 4) is 17.2 Å². The zero-order valence-corrected chi connectivity index (χ0v) is 41.6. The minimum Gasteiger partial charge on any atom is -0.507 e. The fourth-order valence-electron chi connectivity index (χ4n) is 9.42. The summed E-state index contributed by atoms with van der Waals surface area (Å²) in [6, 6.07) is 8.77. The van der Waals surface area contributed by atoms with E-state index in [1.807, 2.05) is 0 Å². The van der Waals surface area contributed by atoms with Gasteiger partial charge in [0.25, 0.3) is 0 Å². The molecule has 0 spiro atoms. The molecule has 4 unspecified atom stereocenters. The van der Waals surface area contributed by atoms with Crippen LogP contribution in [-0.2, 0) is 79.6 Å². The van der Waals surface area contributed by atoms with E-state index in [1.54, 1.807) is 0 Å². The second-order valence-corrected chi connectivity index (χ2v) is 18.1. The summed E-state index contributed by atoms with van der Waals surface area (Å²) in [5.74, 6) is -7.86. The van der Waals surface area contributed by atoms with Gasteiger partial charge in [0, 0.05) is 69.3 Å². The Bertz CT molecular complexity index is 2820. The largest absolute Gasteiger partial charge is 0.507 e. The van der Waals surface area contributed by atoms with Gasteiger partial charge >= 0.3 is 36.1 Å². The third kappa shape index (κ3) is 11.9. The molecule has 0 aromatic heterocycles. The van der Waals surface area contributed by atoms with Crippen molar-refractivity contribution in [1.82, 2.24) is 5.32 Å². The Morgan fingerprint density at radius 2 is 1.41 bits per heavy atom. The van der Waals surface area contributed by atoms with Crippen molar-refractivity contribution in [3.63, 3.8) is 0 Å². The van der Waals surface area contributed by atoms with Gasteiger partial charge in [-0.1, -0.05) is 24.3 Å². The number of ether oxygens (including phenoxy) is 10. The number of carbonyl (C=O) groups is 9. The number of amides is 2. The van der Waals surface area contributed by atoms with E-state index in [0.717, 1.165) is 27.7 Å². The van der Waals surface area contributed by atoms with Gasteiger partial charge in [-0.25, -0.2) is 9.59 Å². The average Bonchev–Trinajstić information content (AvgIpc) is 3.38. The maximum absolute atomic E-state index is 14.0. The maximum Gasteiger partial charge on any atom is 0.414 e. The standard InChI is InChI=1S/C50H54N2O24/c1-20-39(59)29(14-34(70-20)74-31-16-50(66,33(58)17-53)15-28-36(31)43(63)38-37(41(28)61)40(60)27-8-7-9-30(67-6)35(27)42(38)62)52-48(64)69-18-25-10-12-26(13-11-25)51-49(65)76-47-46(73-24(5)57)45(72-23(4)56)44(71-22(3)55)32(75-47)19-68-21(2)54/h7-13,20,29,31-32,34,39,44-47,53,59,61,63,66H,14-19H2,1-6H3,(H,51,65)(H,52,64)/t20?,29?,31-,32+,34?,39?,44-,45-,46+,47-,50-/m0/s1. The number of esters is 4. The molecule has 26 heteroatoms. The summed E-state index contributed by atoms with van der Waals surface area (Å²) in [5, 5.41) is 61.0. The van der Waals surface area contributed by atoms with Gasteiger partial charge in [-0.2, -0.15) is 0 Å². The first-order valence-corrected chi connectivity index (χ1v) is 23.5. The molecule has 26 nitrogen and oxygen atoms in total. The molecule has 3 aromatic rings. The number of fused-ring (bicyclic) bond motifs is 3. The SMILES string of the molecule is COc1cccc2c1C(=O)c1c(O)c3c(c(O)c1C2=O)C[C@@](O)(C(=O)CO)C[C@@H]3OC1CC(NC(=O)OCc2ccc(NC(=O)O[C@@H]3O[C@H](COC(C)=O)[C@H](OC(C)=O)[C@H](OC(C)=O)[C@H]3OC(C)=O)cc2)C(O)C(C)O1. The van der Waals surface area contributed by atoms with E-state index in [1.165, 1.54) is 56.5 Å². The molecule has 7 N–H and O–H groups in total. The van der Waals surface area contributed by atoms with Gasteiger partial charge < -0.3 is 78.2 Å². The van der Waals surface area contributed by atoms with Crippen LogP contribution in [0.25, 0.3) is 0 Å². The van der Waals surface area contributed by atoms with Gasteiger partial charge in [0.2, 0.25) is 18.2 Å². The number of benzene rings is 3. The summed E-state index contributed by atoms with van der Waals surface area (Å²) >= 11 is 0. The summed E-state index contributed by atoms with van der Waals surface area (Å²) in [4.78, 5) is 115. The van der Waals surface area contributed by atoms with E-state index < -0.39 is 169 Å². The molecular weight excluding hydrogens is 1010 g/mol. The van der Waals surface area contributed by atoms with Crippen molar-refractivity contribution in [2.24, 2.45) is 0 Å². The third-order valence-corrected chi connectivity index (χ3v) is 12.8. The summed E-state index contributed by atoms with van der Waals surface area (Å²) in [6.45, 7) is 3.57. The van der Waals surface area contributed by atoms with E-state index in [-0.39, 0.29) is 46.7 Å². The first-order valence-electron chi connectivity index (χ1n) is 23.5. The number of ketones is 3. The summed E-state index contributed by atoms with van der Waals surface area (Å²) in [6.07, 6.45) is -17.2. The molecule has 2 fully saturated rings. The van der Waals surface area contributed by atoms with Crippen molar-refractivity contribution in [1.29, 1.82) is 0 Å². The minimum absolute atomic E-state index is 0.0121. The molecule has 3 aromatic carbocycles. The lowest BCUT2D eigenvalue weighted by Gasteiger charge is -2.43. The molecule has 0 bridgehead atoms. The number of hydrogen-bond donors (Lipinski definition) is 7. The monoisotopic (exact) mass is 1070 g/mol. The van der Waals surface area contributed by atoms with Crippen molar-refractivity contribution >= 4 is 59.1 Å². The second-order valence-electron chi connectivity index (χ2n) is 18.1. The van der Waals surface area contributed by atoms with Gasteiger partial charge in [-0.15, -0.1) is 0 Å². The van der Waals surface area contributed by atoms with Crippen LogP contribution >= 0.6 is 0 Å². The number of rotatable bonds is 15. The number of carbonyl (C=O) groups excluding carboxylic acids is 9. The van der Waals surface area contributed by atoms with Crippen LogP contribution in [-0.4, -0.2) is 160 Å². The van der Waals surface area contributed by atoms with E-state index in [9.17, 15) is 68.7 Å². The molecule has 4 aliphatic rings. The van der Waals surface area contributed by atoms with Gasteiger partial charge in [0.15, 0.2) is 30.1 Å². The van der Waals surface area contributed by atoms with Crippen LogP contribution in [0.4, 0.5) is 15.3 Å². The highest BCUT2D eigenvalue weighted by Crippen LogP contribution is 2.52. The van der Waals surface area contributed by atoms with E-state index in [2.05, 4.69) is 10.6 Å². The van der Waals surface area contributed by atoms with Crippen molar-refractivity contribution in [2.75, 3.05) is 25.6 Å². The third-order valence-electron chi connectivity index (χ3n) is 12.8. The van der Waals surface area contributed by atoms with Crippen molar-refractivity contribution < 1.29 is 116 Å². The predicted molar refractivity (Wildman–Crippen MR) is 249 cm³/mol. The van der Waals surface area contributed by atoms with Crippen LogP contribution in [0.2, 0.25) is 0 Å². The molecule has 7 rings (SSSR count). The molecular formula is C50H54N2O24. The fraction of sp³-hybridized carbons (Fsp3) is 0.460. The predicted octanol–water partition coefficient (Wildman–Crippen LogP) is 1.60. The number of alkyl carbamates (subject to hydrolysis) is 1. The highest BCUT2D eigenvalue weighted by atomic mass is 16.8. The number of hydrogen-bond acceptors (Lipinski definition) is 24. The van der Waals surface area contributed by atoms with E-state index >= 15 is 0 Å². The number of phenols is 2. The highest BCUT2D eigenvalue weighted by molar-refractivity contribution is 6.31. The number of aliphatic hydroxyl groups excluding tert-OH is 2. The van der Waals surface area contributed by atoms with Crippen molar-refractivity contribution in [3.05, 3.63) is 81.4 Å². The minimum atomic E-state index is -2.43. The van der Waals surface area contributed by atoms with Crippen LogP contribution in [0, 0.1) is 0 Å².